The Hall–Kier alpha value is -1.91. The van der Waals surface area contributed by atoms with E-state index in [2.05, 4.69) is 0 Å². The van der Waals surface area contributed by atoms with Gasteiger partial charge in [0.25, 0.3) is 5.69 Å². The van der Waals surface area contributed by atoms with Crippen molar-refractivity contribution in [3.05, 3.63) is 33.9 Å². The van der Waals surface area contributed by atoms with Gasteiger partial charge in [0.1, 0.15) is 11.5 Å². The van der Waals surface area contributed by atoms with Crippen LogP contribution in [0.3, 0.4) is 0 Å². The fourth-order valence-electron chi connectivity index (χ4n) is 1.08. The van der Waals surface area contributed by atoms with Crippen LogP contribution >= 0.6 is 0 Å². The molecule has 1 aromatic carbocycles. The van der Waals surface area contributed by atoms with E-state index in [4.69, 9.17) is 0 Å². The van der Waals surface area contributed by atoms with Gasteiger partial charge in [-0.2, -0.15) is 0 Å². The average Bonchev–Trinajstić information content (AvgIpc) is 2.07. The lowest BCUT2D eigenvalue weighted by molar-refractivity contribution is -0.384. The molecule has 0 radical (unpaired) electrons. The quantitative estimate of drug-likeness (QED) is 0.584. The minimum atomic E-state index is -0.600. The molecule has 0 saturated heterocycles. The molecule has 0 fully saturated rings. The van der Waals surface area contributed by atoms with E-state index in [0.717, 1.165) is 6.07 Å². The number of carbonyl (C=O) groups excluding carboxylic acids is 1. The summed E-state index contributed by atoms with van der Waals surface area (Å²) in [6.07, 6.45) is 0.0871. The molecule has 1 rings (SSSR count). The lowest BCUT2D eigenvalue weighted by Crippen LogP contribution is -1.97. The number of nitro groups is 1. The normalized spacial score (nSPS) is 9.79. The molecule has 1 N–H and O–H groups in total. The van der Waals surface area contributed by atoms with Crippen molar-refractivity contribution in [3.63, 3.8) is 0 Å². The molecule has 0 saturated carbocycles. The fourth-order valence-corrected chi connectivity index (χ4v) is 1.08. The third-order valence-corrected chi connectivity index (χ3v) is 1.72. The number of non-ortho nitro benzene ring substituents is 1. The maximum absolute atomic E-state index is 10.7. The van der Waals surface area contributed by atoms with Crippen molar-refractivity contribution in [1.29, 1.82) is 0 Å². The molecule has 0 spiro atoms. The van der Waals surface area contributed by atoms with Gasteiger partial charge >= 0.3 is 0 Å². The van der Waals surface area contributed by atoms with Crippen molar-refractivity contribution in [3.8, 4) is 5.75 Å². The Bertz CT molecular complexity index is 386. The second kappa shape index (κ2) is 3.87. The monoisotopic (exact) mass is 195 g/mol. The van der Waals surface area contributed by atoms with Crippen LogP contribution in [0.5, 0.6) is 5.75 Å². The zero-order chi connectivity index (χ0) is 10.7. The average molecular weight is 195 g/mol. The number of nitrogens with zero attached hydrogens (tertiary/aromatic N) is 1. The van der Waals surface area contributed by atoms with E-state index in [-0.39, 0.29) is 23.6 Å². The molecule has 74 valence electrons. The summed E-state index contributed by atoms with van der Waals surface area (Å²) in [5.74, 6) is -0.316. The molecule has 14 heavy (non-hydrogen) atoms. The molecule has 0 heterocycles. The molecular formula is C9H9NO4. The number of ketones is 1. The lowest BCUT2D eigenvalue weighted by Gasteiger charge is -2.00. The Morgan fingerprint density at radius 3 is 2.64 bits per heavy atom. The number of aromatic hydroxyl groups is 1. The lowest BCUT2D eigenvalue weighted by atomic mass is 10.1. The SMILES string of the molecule is CC(=O)Cc1ccc([N+](=O)[O-])cc1O. The molecule has 1 aromatic rings. The molecule has 0 amide bonds. The highest BCUT2D eigenvalue weighted by Crippen LogP contribution is 2.23. The number of nitro benzene ring substituents is 1. The Balaban J connectivity index is 3.01. The number of carbonyl (C=O) groups is 1. The Morgan fingerprint density at radius 1 is 1.57 bits per heavy atom. The van der Waals surface area contributed by atoms with Gasteiger partial charge in [0.2, 0.25) is 0 Å². The van der Waals surface area contributed by atoms with Crippen LogP contribution in [-0.4, -0.2) is 15.8 Å². The summed E-state index contributed by atoms with van der Waals surface area (Å²) in [6.45, 7) is 1.39. The van der Waals surface area contributed by atoms with E-state index in [1.54, 1.807) is 0 Å². The van der Waals surface area contributed by atoms with Crippen LogP contribution in [0.2, 0.25) is 0 Å². The van der Waals surface area contributed by atoms with Gasteiger partial charge in [-0.1, -0.05) is 0 Å². The van der Waals surface area contributed by atoms with Gasteiger partial charge in [0, 0.05) is 18.1 Å². The van der Waals surface area contributed by atoms with Gasteiger partial charge in [-0.25, -0.2) is 0 Å². The van der Waals surface area contributed by atoms with Gasteiger partial charge in [0.05, 0.1) is 11.0 Å². The molecule has 5 nitrogen and oxygen atoms in total. The third kappa shape index (κ3) is 2.29. The number of phenolic OH excluding ortho intramolecular Hbond substituents is 1. The second-order valence-corrected chi connectivity index (χ2v) is 2.95. The largest absolute Gasteiger partial charge is 0.507 e. The van der Waals surface area contributed by atoms with E-state index in [9.17, 15) is 20.0 Å². The summed E-state index contributed by atoms with van der Waals surface area (Å²) in [6, 6.07) is 3.69. The van der Waals surface area contributed by atoms with Crippen molar-refractivity contribution < 1.29 is 14.8 Å². The summed E-state index contributed by atoms with van der Waals surface area (Å²) >= 11 is 0. The number of rotatable bonds is 3. The van der Waals surface area contributed by atoms with Gasteiger partial charge < -0.3 is 5.11 Å². The van der Waals surface area contributed by atoms with Gasteiger partial charge in [-0.15, -0.1) is 0 Å². The van der Waals surface area contributed by atoms with Gasteiger partial charge in [-0.05, 0) is 13.0 Å². The highest BCUT2D eigenvalue weighted by molar-refractivity contribution is 5.79. The molecular weight excluding hydrogens is 186 g/mol. The van der Waals surface area contributed by atoms with Crippen molar-refractivity contribution in [1.82, 2.24) is 0 Å². The van der Waals surface area contributed by atoms with Crippen LogP contribution in [-0.2, 0) is 11.2 Å². The summed E-state index contributed by atoms with van der Waals surface area (Å²) in [5, 5.41) is 19.6. The molecule has 0 bridgehead atoms. The minimum absolute atomic E-state index is 0.0871. The molecule has 0 aliphatic rings. The Kier molecular flexibility index (Phi) is 2.81. The van der Waals surface area contributed by atoms with Crippen LogP contribution < -0.4 is 0 Å². The molecule has 5 heteroatoms. The summed E-state index contributed by atoms with van der Waals surface area (Å²) in [4.78, 5) is 20.5. The predicted octanol–water partition coefficient (Wildman–Crippen LogP) is 1.43. The van der Waals surface area contributed by atoms with Gasteiger partial charge in [0.15, 0.2) is 0 Å². The van der Waals surface area contributed by atoms with E-state index in [1.165, 1.54) is 19.1 Å². The first-order valence-corrected chi connectivity index (χ1v) is 3.96. The molecule has 0 aliphatic carbocycles. The second-order valence-electron chi connectivity index (χ2n) is 2.95. The van der Waals surface area contributed by atoms with Crippen LogP contribution in [0.1, 0.15) is 12.5 Å². The standard InChI is InChI=1S/C9H9NO4/c1-6(11)4-7-2-3-8(10(13)14)5-9(7)12/h2-3,5,12H,4H2,1H3. The van der Waals surface area contributed by atoms with Crippen LogP contribution in [0.15, 0.2) is 18.2 Å². The number of benzene rings is 1. The van der Waals surface area contributed by atoms with Gasteiger partial charge in [-0.3, -0.25) is 14.9 Å². The molecule has 0 unspecified atom stereocenters. The highest BCUT2D eigenvalue weighted by Gasteiger charge is 2.10. The topological polar surface area (TPSA) is 80.4 Å². The molecule has 0 aromatic heterocycles. The molecule has 0 aliphatic heterocycles. The number of hydrogen-bond acceptors (Lipinski definition) is 4. The first-order chi connectivity index (χ1) is 6.50. The van der Waals surface area contributed by atoms with Crippen LogP contribution in [0.25, 0.3) is 0 Å². The summed E-state index contributed by atoms with van der Waals surface area (Å²) in [7, 11) is 0. The number of phenols is 1. The van der Waals surface area contributed by atoms with E-state index < -0.39 is 4.92 Å². The highest BCUT2D eigenvalue weighted by atomic mass is 16.6. The summed E-state index contributed by atoms with van der Waals surface area (Å²) in [5.41, 5.74) is 0.220. The van der Waals surface area contributed by atoms with Crippen LogP contribution in [0, 0.1) is 10.1 Å². The zero-order valence-electron chi connectivity index (χ0n) is 7.56. The third-order valence-electron chi connectivity index (χ3n) is 1.72. The smallest absolute Gasteiger partial charge is 0.273 e. The Morgan fingerprint density at radius 2 is 2.21 bits per heavy atom. The number of Topliss-reactive ketones (excluding diaryl/α,β-unsaturated/α-hetero) is 1. The molecule has 0 atom stereocenters. The van der Waals surface area contributed by atoms with Crippen LogP contribution in [0.4, 0.5) is 5.69 Å². The Labute approximate surface area is 80.1 Å². The van der Waals surface area contributed by atoms with E-state index in [0.29, 0.717) is 5.56 Å². The predicted molar refractivity (Wildman–Crippen MR) is 49.1 cm³/mol. The van der Waals surface area contributed by atoms with E-state index >= 15 is 0 Å². The maximum atomic E-state index is 10.7. The summed E-state index contributed by atoms with van der Waals surface area (Å²) < 4.78 is 0. The van der Waals surface area contributed by atoms with Crippen molar-refractivity contribution in [2.45, 2.75) is 13.3 Å². The maximum Gasteiger partial charge on any atom is 0.273 e. The van der Waals surface area contributed by atoms with Crippen molar-refractivity contribution in [2.24, 2.45) is 0 Å². The van der Waals surface area contributed by atoms with Crippen molar-refractivity contribution >= 4 is 11.5 Å². The first-order valence-electron chi connectivity index (χ1n) is 3.96. The zero-order valence-corrected chi connectivity index (χ0v) is 7.56. The van der Waals surface area contributed by atoms with E-state index in [1.807, 2.05) is 0 Å². The fraction of sp³-hybridized carbons (Fsp3) is 0.222. The number of hydrogen-bond donors (Lipinski definition) is 1. The first kappa shape index (κ1) is 10.2. The minimum Gasteiger partial charge on any atom is -0.507 e. The van der Waals surface area contributed by atoms with Crippen molar-refractivity contribution in [2.75, 3.05) is 0 Å².